The number of ether oxygens (including phenoxy) is 2. The van der Waals surface area contributed by atoms with Crippen molar-refractivity contribution in [3.05, 3.63) is 29.8 Å². The van der Waals surface area contributed by atoms with Crippen molar-refractivity contribution < 1.29 is 26.7 Å². The van der Waals surface area contributed by atoms with Crippen LogP contribution in [0, 0.1) is 23.0 Å². The van der Waals surface area contributed by atoms with Crippen LogP contribution in [0.4, 0.5) is 8.78 Å². The van der Waals surface area contributed by atoms with Crippen LogP contribution >= 0.6 is 0 Å². The zero-order valence-electron chi connectivity index (χ0n) is 12.1. The monoisotopic (exact) mass is 333 g/mol. The number of benzene rings is 1. The number of rotatable bonds is 4. The van der Waals surface area contributed by atoms with Gasteiger partial charge in [-0.1, -0.05) is 6.07 Å². The number of sulfonamides is 1. The second-order valence-electron chi connectivity index (χ2n) is 5.86. The van der Waals surface area contributed by atoms with Gasteiger partial charge in [-0.15, -0.1) is 0 Å². The Morgan fingerprint density at radius 1 is 1.41 bits per heavy atom. The lowest BCUT2D eigenvalue weighted by Crippen LogP contribution is -2.37. The van der Waals surface area contributed by atoms with Crippen LogP contribution in [0.25, 0.3) is 0 Å². The SMILES string of the molecule is COC[C@@]12COC[C@@H]1CN(S(=O)(=O)c1c(F)cccc1F)C2. The molecule has 22 heavy (non-hydrogen) atoms. The Hall–Kier alpha value is -1.09. The first-order chi connectivity index (χ1) is 10.4. The molecular formula is C14H17F2NO4S. The number of nitrogens with zero attached hydrogens (tertiary/aromatic N) is 1. The molecule has 1 aromatic carbocycles. The molecule has 0 saturated carbocycles. The van der Waals surface area contributed by atoms with Crippen molar-refractivity contribution in [2.24, 2.45) is 11.3 Å². The van der Waals surface area contributed by atoms with E-state index in [-0.39, 0.29) is 19.0 Å². The average molecular weight is 333 g/mol. The van der Waals surface area contributed by atoms with Gasteiger partial charge >= 0.3 is 0 Å². The van der Waals surface area contributed by atoms with E-state index in [9.17, 15) is 17.2 Å². The molecule has 2 atom stereocenters. The minimum atomic E-state index is -4.23. The summed E-state index contributed by atoms with van der Waals surface area (Å²) in [5, 5.41) is 0. The van der Waals surface area contributed by atoms with E-state index in [0.29, 0.717) is 19.8 Å². The molecular weight excluding hydrogens is 316 g/mol. The zero-order chi connectivity index (χ0) is 16.0. The minimum Gasteiger partial charge on any atom is -0.384 e. The molecule has 0 radical (unpaired) electrons. The first-order valence-electron chi connectivity index (χ1n) is 6.91. The van der Waals surface area contributed by atoms with Crippen LogP contribution < -0.4 is 0 Å². The Kier molecular flexibility index (Phi) is 3.96. The third-order valence-electron chi connectivity index (χ3n) is 4.44. The number of hydrogen-bond acceptors (Lipinski definition) is 4. The van der Waals surface area contributed by atoms with Crippen LogP contribution in [-0.4, -0.2) is 52.7 Å². The topological polar surface area (TPSA) is 55.8 Å². The van der Waals surface area contributed by atoms with Gasteiger partial charge < -0.3 is 9.47 Å². The Balaban J connectivity index is 1.95. The normalized spacial score (nSPS) is 29.0. The highest BCUT2D eigenvalue weighted by Crippen LogP contribution is 2.43. The van der Waals surface area contributed by atoms with E-state index in [0.717, 1.165) is 22.5 Å². The fraction of sp³-hybridized carbons (Fsp3) is 0.571. The molecule has 0 bridgehead atoms. The maximum atomic E-state index is 13.8. The summed E-state index contributed by atoms with van der Waals surface area (Å²) in [4.78, 5) is -0.886. The second-order valence-corrected chi connectivity index (χ2v) is 7.73. The molecule has 0 aromatic heterocycles. The van der Waals surface area contributed by atoms with E-state index in [1.165, 1.54) is 7.11 Å². The van der Waals surface area contributed by atoms with Crippen molar-refractivity contribution >= 4 is 10.0 Å². The van der Waals surface area contributed by atoms with Crippen LogP contribution in [0.5, 0.6) is 0 Å². The molecule has 2 aliphatic heterocycles. The first-order valence-corrected chi connectivity index (χ1v) is 8.35. The molecule has 2 heterocycles. The van der Waals surface area contributed by atoms with E-state index in [1.54, 1.807) is 0 Å². The van der Waals surface area contributed by atoms with Crippen molar-refractivity contribution in [1.82, 2.24) is 4.31 Å². The molecule has 0 aliphatic carbocycles. The van der Waals surface area contributed by atoms with Crippen molar-refractivity contribution in [1.29, 1.82) is 0 Å². The zero-order valence-corrected chi connectivity index (χ0v) is 12.9. The van der Waals surface area contributed by atoms with Gasteiger partial charge in [0.05, 0.1) is 19.8 Å². The minimum absolute atomic E-state index is 0.0305. The molecule has 0 unspecified atom stereocenters. The Bertz CT molecular complexity index is 661. The molecule has 5 nitrogen and oxygen atoms in total. The number of hydrogen-bond donors (Lipinski definition) is 0. The highest BCUT2D eigenvalue weighted by Gasteiger charge is 2.54. The summed E-state index contributed by atoms with van der Waals surface area (Å²) >= 11 is 0. The van der Waals surface area contributed by atoms with Crippen LogP contribution in [0.15, 0.2) is 23.1 Å². The van der Waals surface area contributed by atoms with E-state index in [1.807, 2.05) is 0 Å². The summed E-state index contributed by atoms with van der Waals surface area (Å²) in [6.45, 7) is 1.48. The third kappa shape index (κ3) is 2.34. The predicted molar refractivity (Wildman–Crippen MR) is 73.7 cm³/mol. The van der Waals surface area contributed by atoms with Crippen LogP contribution in [-0.2, 0) is 19.5 Å². The van der Waals surface area contributed by atoms with Crippen LogP contribution in [0.1, 0.15) is 0 Å². The number of halogens is 2. The van der Waals surface area contributed by atoms with Gasteiger partial charge in [0.15, 0.2) is 4.90 Å². The molecule has 2 aliphatic rings. The molecule has 3 rings (SSSR count). The van der Waals surface area contributed by atoms with Gasteiger partial charge in [0.25, 0.3) is 0 Å². The van der Waals surface area contributed by atoms with Crippen molar-refractivity contribution in [3.63, 3.8) is 0 Å². The van der Waals surface area contributed by atoms with Gasteiger partial charge in [0.1, 0.15) is 11.6 Å². The summed E-state index contributed by atoms with van der Waals surface area (Å²) in [7, 11) is -2.69. The van der Waals surface area contributed by atoms with Gasteiger partial charge in [-0.05, 0) is 12.1 Å². The van der Waals surface area contributed by atoms with Gasteiger partial charge in [0.2, 0.25) is 10.0 Å². The molecule has 0 N–H and O–H groups in total. The quantitative estimate of drug-likeness (QED) is 0.832. The van der Waals surface area contributed by atoms with E-state index < -0.39 is 32.0 Å². The Labute approximate surface area is 127 Å². The highest BCUT2D eigenvalue weighted by atomic mass is 32.2. The van der Waals surface area contributed by atoms with Crippen molar-refractivity contribution in [3.8, 4) is 0 Å². The van der Waals surface area contributed by atoms with Crippen LogP contribution in [0.3, 0.4) is 0 Å². The Morgan fingerprint density at radius 3 is 2.73 bits per heavy atom. The fourth-order valence-electron chi connectivity index (χ4n) is 3.32. The van der Waals surface area contributed by atoms with E-state index >= 15 is 0 Å². The highest BCUT2D eigenvalue weighted by molar-refractivity contribution is 7.89. The van der Waals surface area contributed by atoms with Gasteiger partial charge in [-0.2, -0.15) is 4.31 Å². The first kappa shape index (κ1) is 15.8. The molecule has 0 spiro atoms. The number of fused-ring (bicyclic) bond motifs is 1. The summed E-state index contributed by atoms with van der Waals surface area (Å²) in [6.07, 6.45) is 0. The van der Waals surface area contributed by atoms with E-state index in [2.05, 4.69) is 0 Å². The second kappa shape index (κ2) is 5.52. The predicted octanol–water partition coefficient (Wildman–Crippen LogP) is 1.25. The fourth-order valence-corrected chi connectivity index (χ4v) is 5.01. The molecule has 8 heteroatoms. The number of methoxy groups -OCH3 is 1. The maximum Gasteiger partial charge on any atom is 0.248 e. The lowest BCUT2D eigenvalue weighted by Gasteiger charge is -2.26. The van der Waals surface area contributed by atoms with Crippen molar-refractivity contribution in [2.45, 2.75) is 4.90 Å². The lowest BCUT2D eigenvalue weighted by molar-refractivity contribution is 0.0601. The third-order valence-corrected chi connectivity index (χ3v) is 6.30. The lowest BCUT2D eigenvalue weighted by atomic mass is 9.82. The molecule has 122 valence electrons. The van der Waals surface area contributed by atoms with Crippen molar-refractivity contribution in [2.75, 3.05) is 40.0 Å². The molecule has 2 saturated heterocycles. The van der Waals surface area contributed by atoms with E-state index in [4.69, 9.17) is 9.47 Å². The standard InChI is InChI=1S/C14H17F2NO4S/c1-20-8-14-7-17(5-10(14)6-21-9-14)22(18,19)13-11(15)3-2-4-12(13)16/h2-4,10H,5-9H2,1H3/t10-,14-/m0/s1. The maximum absolute atomic E-state index is 13.8. The summed E-state index contributed by atoms with van der Waals surface area (Å²) in [6, 6.07) is 3.03. The van der Waals surface area contributed by atoms with Crippen LogP contribution in [0.2, 0.25) is 0 Å². The van der Waals surface area contributed by atoms with Gasteiger partial charge in [-0.25, -0.2) is 17.2 Å². The molecule has 0 amide bonds. The largest absolute Gasteiger partial charge is 0.384 e. The summed E-state index contributed by atoms with van der Waals surface area (Å²) in [5.74, 6) is -2.18. The van der Waals surface area contributed by atoms with Gasteiger partial charge in [-0.3, -0.25) is 0 Å². The Morgan fingerprint density at radius 2 is 2.09 bits per heavy atom. The molecule has 2 fully saturated rings. The molecule has 1 aromatic rings. The smallest absolute Gasteiger partial charge is 0.248 e. The van der Waals surface area contributed by atoms with Gasteiger partial charge in [0, 0.05) is 31.5 Å². The summed E-state index contributed by atoms with van der Waals surface area (Å²) in [5.41, 5.74) is -0.441. The summed E-state index contributed by atoms with van der Waals surface area (Å²) < 4.78 is 64.7. The average Bonchev–Trinajstić information content (AvgIpc) is 2.95.